The van der Waals surface area contributed by atoms with Crippen LogP contribution in [0, 0.1) is 5.41 Å². The summed E-state index contributed by atoms with van der Waals surface area (Å²) in [6.45, 7) is 4.05. The first-order chi connectivity index (χ1) is 20.8. The normalized spacial score (nSPS) is 22.3. The van der Waals surface area contributed by atoms with Gasteiger partial charge in [-0.15, -0.1) is 5.10 Å². The summed E-state index contributed by atoms with van der Waals surface area (Å²) in [5.74, 6) is 0.0900. The molecule has 1 saturated heterocycles. The maximum absolute atomic E-state index is 13.6. The van der Waals surface area contributed by atoms with E-state index in [0.29, 0.717) is 11.6 Å². The number of sulfonamides is 1. The van der Waals surface area contributed by atoms with Crippen molar-refractivity contribution in [2.45, 2.75) is 94.3 Å². The van der Waals surface area contributed by atoms with Gasteiger partial charge in [0.25, 0.3) is 15.9 Å². The van der Waals surface area contributed by atoms with E-state index in [2.05, 4.69) is 28.6 Å². The Balaban J connectivity index is 1.32. The highest BCUT2D eigenvalue weighted by Crippen LogP contribution is 2.59. The minimum absolute atomic E-state index is 0.0258. The number of alkyl halides is 3. The van der Waals surface area contributed by atoms with Crippen LogP contribution in [0.5, 0.6) is 5.88 Å². The summed E-state index contributed by atoms with van der Waals surface area (Å²) < 4.78 is 75.6. The lowest BCUT2D eigenvalue weighted by molar-refractivity contribution is -0.190. The minimum Gasteiger partial charge on any atom is -0.477 e. The van der Waals surface area contributed by atoms with Crippen molar-refractivity contribution < 1.29 is 31.1 Å². The lowest BCUT2D eigenvalue weighted by Gasteiger charge is -2.38. The molecule has 1 amide bonds. The molecule has 3 aliphatic rings. The molecule has 1 saturated carbocycles. The van der Waals surface area contributed by atoms with Crippen LogP contribution < -0.4 is 14.4 Å². The number of rotatable bonds is 5. The molecule has 236 valence electrons. The van der Waals surface area contributed by atoms with E-state index in [9.17, 15) is 26.4 Å². The van der Waals surface area contributed by atoms with Gasteiger partial charge in [-0.05, 0) is 95.0 Å². The van der Waals surface area contributed by atoms with Gasteiger partial charge in [0.05, 0.1) is 22.5 Å². The van der Waals surface area contributed by atoms with E-state index in [4.69, 9.17) is 9.72 Å². The van der Waals surface area contributed by atoms with E-state index in [1.54, 1.807) is 36.5 Å². The van der Waals surface area contributed by atoms with Gasteiger partial charge < -0.3 is 9.64 Å². The molecular formula is C31H36F3N5O4S. The van der Waals surface area contributed by atoms with E-state index in [-0.39, 0.29) is 53.8 Å². The zero-order valence-corrected chi connectivity index (χ0v) is 25.5. The summed E-state index contributed by atoms with van der Waals surface area (Å²) >= 11 is 0. The molecule has 9 nitrogen and oxygen atoms in total. The molecule has 0 radical (unpaired) electrons. The fraction of sp³-hybridized carbons (Fsp3) is 0.516. The molecule has 2 bridgehead atoms. The molecule has 1 atom stereocenters. The first kappa shape index (κ1) is 30.4. The Morgan fingerprint density at radius 2 is 1.86 bits per heavy atom. The zero-order valence-electron chi connectivity index (χ0n) is 24.7. The van der Waals surface area contributed by atoms with Crippen LogP contribution in [0.1, 0.15) is 81.1 Å². The Labute approximate surface area is 254 Å². The molecule has 3 aromatic rings. The molecule has 6 rings (SSSR count). The monoisotopic (exact) mass is 631 g/mol. The van der Waals surface area contributed by atoms with E-state index in [1.165, 1.54) is 10.7 Å². The molecule has 4 heterocycles. The number of nitrogens with one attached hydrogen (secondary N) is 1. The van der Waals surface area contributed by atoms with Crippen LogP contribution in [0.4, 0.5) is 19.0 Å². The predicted octanol–water partition coefficient (Wildman–Crippen LogP) is 5.97. The van der Waals surface area contributed by atoms with Crippen LogP contribution in [0.3, 0.4) is 0 Å². The van der Waals surface area contributed by atoms with Crippen molar-refractivity contribution in [3.63, 3.8) is 0 Å². The summed E-state index contributed by atoms with van der Waals surface area (Å²) in [6, 6.07) is 11.4. The van der Waals surface area contributed by atoms with Crippen molar-refractivity contribution in [3.05, 3.63) is 59.8 Å². The zero-order chi connectivity index (χ0) is 31.3. The summed E-state index contributed by atoms with van der Waals surface area (Å²) in [7, 11) is -4.15. The van der Waals surface area contributed by atoms with Crippen molar-refractivity contribution in [2.75, 3.05) is 11.5 Å². The van der Waals surface area contributed by atoms with Crippen molar-refractivity contribution in [2.24, 2.45) is 5.41 Å². The van der Waals surface area contributed by atoms with Gasteiger partial charge in [-0.3, -0.25) is 4.79 Å². The Hall–Kier alpha value is -3.61. The maximum Gasteiger partial charge on any atom is 0.394 e. The third-order valence-electron chi connectivity index (χ3n) is 9.21. The molecular weight excluding hydrogens is 595 g/mol. The highest BCUT2D eigenvalue weighted by atomic mass is 32.2. The van der Waals surface area contributed by atoms with Gasteiger partial charge in [-0.25, -0.2) is 22.8 Å². The molecule has 1 unspecified atom stereocenters. The number of nitrogens with zero attached hydrogens (tertiary/aromatic N) is 4. The number of aryl methyl sites for hydroxylation is 1. The Kier molecular flexibility index (Phi) is 7.66. The predicted molar refractivity (Wildman–Crippen MR) is 157 cm³/mol. The number of hydrogen-bond acceptors (Lipinski definition) is 7. The Morgan fingerprint density at radius 3 is 2.61 bits per heavy atom. The average molecular weight is 632 g/mol. The number of ether oxygens (including phenoxy) is 1. The van der Waals surface area contributed by atoms with Crippen molar-refractivity contribution >= 4 is 21.7 Å². The number of carbonyl (C=O) groups excluding carboxylic acids is 1. The number of pyridine rings is 1. The number of carbonyl (C=O) groups is 1. The number of aromatic nitrogens is 3. The van der Waals surface area contributed by atoms with Crippen LogP contribution in [0.2, 0.25) is 0 Å². The van der Waals surface area contributed by atoms with Crippen molar-refractivity contribution in [1.29, 1.82) is 0 Å². The molecule has 1 N–H and O–H groups in total. The fourth-order valence-corrected chi connectivity index (χ4v) is 7.46. The Morgan fingerprint density at radius 1 is 1.07 bits per heavy atom. The van der Waals surface area contributed by atoms with Crippen LogP contribution in [0.25, 0.3) is 5.82 Å². The van der Waals surface area contributed by atoms with Crippen LogP contribution in [-0.2, 0) is 16.4 Å². The number of anilines is 1. The molecule has 2 aromatic heterocycles. The topological polar surface area (TPSA) is 106 Å². The highest BCUT2D eigenvalue weighted by molar-refractivity contribution is 7.90. The minimum atomic E-state index is -4.24. The smallest absolute Gasteiger partial charge is 0.394 e. The molecule has 0 spiro atoms. The first-order valence-corrected chi connectivity index (χ1v) is 16.5. The second-order valence-corrected chi connectivity index (χ2v) is 14.4. The second kappa shape index (κ2) is 11.1. The van der Waals surface area contributed by atoms with Gasteiger partial charge in [-0.2, -0.15) is 13.2 Å². The highest BCUT2D eigenvalue weighted by Gasteiger charge is 2.62. The van der Waals surface area contributed by atoms with E-state index >= 15 is 0 Å². The van der Waals surface area contributed by atoms with Gasteiger partial charge in [0, 0.05) is 23.8 Å². The molecule has 13 heteroatoms. The van der Waals surface area contributed by atoms with Gasteiger partial charge in [0.15, 0.2) is 5.82 Å². The number of hydrogen-bond donors (Lipinski definition) is 1. The lowest BCUT2D eigenvalue weighted by Crippen LogP contribution is -2.45. The van der Waals surface area contributed by atoms with Gasteiger partial charge >= 0.3 is 6.18 Å². The van der Waals surface area contributed by atoms with Gasteiger partial charge in [0.1, 0.15) is 5.82 Å². The maximum atomic E-state index is 13.6. The summed E-state index contributed by atoms with van der Waals surface area (Å²) in [5.41, 5.74) is -0.990. The number of fused-ring (bicyclic) bond motifs is 5. The van der Waals surface area contributed by atoms with E-state index in [1.807, 2.05) is 6.07 Å². The lowest BCUT2D eigenvalue weighted by atomic mass is 10.0. The summed E-state index contributed by atoms with van der Waals surface area (Å²) in [6.07, 6.45) is 2.63. The molecule has 1 aromatic carbocycles. The number of amides is 1. The third-order valence-corrected chi connectivity index (χ3v) is 10.5. The molecule has 1 aliphatic carbocycles. The largest absolute Gasteiger partial charge is 0.477 e. The quantitative estimate of drug-likeness (QED) is 0.370. The SMILES string of the molecule is CC1(C)CCC2CCCCc3cccc(c3)S(=O)(=O)NC(=O)c3ccc(-n4ccc(OCCC5(C(F)(F)F)CC5)n4)nc3N21. The van der Waals surface area contributed by atoms with Gasteiger partial charge in [0.2, 0.25) is 5.88 Å². The molecule has 2 fully saturated rings. The molecule has 2 aliphatic heterocycles. The number of halogens is 3. The van der Waals surface area contributed by atoms with Crippen molar-refractivity contribution in [3.8, 4) is 11.7 Å². The van der Waals surface area contributed by atoms with Crippen molar-refractivity contribution in [1.82, 2.24) is 19.5 Å². The summed E-state index contributed by atoms with van der Waals surface area (Å²) in [4.78, 5) is 20.7. The van der Waals surface area contributed by atoms with Gasteiger partial charge in [-0.1, -0.05) is 18.6 Å². The molecule has 44 heavy (non-hydrogen) atoms. The fourth-order valence-electron chi connectivity index (χ4n) is 6.43. The Bertz CT molecular complexity index is 1670. The number of benzene rings is 1. The third kappa shape index (κ3) is 5.90. The van der Waals surface area contributed by atoms with Crippen LogP contribution in [0.15, 0.2) is 53.6 Å². The first-order valence-electron chi connectivity index (χ1n) is 15.0. The summed E-state index contributed by atoms with van der Waals surface area (Å²) in [5, 5.41) is 4.37. The van der Waals surface area contributed by atoms with Crippen LogP contribution >= 0.6 is 0 Å². The standard InChI is InChI=1S/C31H36F3N5O4S/c1-29(2)14-12-22-8-4-3-6-21-7-5-9-23(20-21)44(41,42)37-28(40)24-10-11-25(35-27(24)39(22)29)38-18-13-26(36-38)43-19-17-30(15-16-30)31(32,33)34/h5,7,9-11,13,18,20,22H,3-4,6,8,12,14-17,19H2,1-2H3,(H,37,40). The second-order valence-electron chi connectivity index (χ2n) is 12.7. The van der Waals surface area contributed by atoms with E-state index in [0.717, 1.165) is 44.1 Å². The average Bonchev–Trinajstić information content (AvgIpc) is 3.51. The van der Waals surface area contributed by atoms with Crippen LogP contribution in [-0.4, -0.2) is 53.5 Å². The van der Waals surface area contributed by atoms with E-state index < -0.39 is 27.5 Å².